The monoisotopic (exact) mass is 465 g/mol. The van der Waals surface area contributed by atoms with Crippen LogP contribution in [0.1, 0.15) is 89.1 Å². The van der Waals surface area contributed by atoms with Crippen molar-refractivity contribution in [2.45, 2.75) is 93.1 Å². The molecule has 0 heterocycles. The van der Waals surface area contributed by atoms with E-state index in [-0.39, 0.29) is 23.2 Å². The number of phenols is 1. The van der Waals surface area contributed by atoms with Crippen molar-refractivity contribution in [1.82, 2.24) is 0 Å². The van der Waals surface area contributed by atoms with Gasteiger partial charge < -0.3 is 15.2 Å². The highest BCUT2D eigenvalue weighted by atomic mass is 16.5. The highest BCUT2D eigenvalue weighted by molar-refractivity contribution is 5.91. The number of amides is 1. The van der Waals surface area contributed by atoms with Crippen molar-refractivity contribution >= 4 is 17.2 Å². The maximum atomic E-state index is 12.8. The van der Waals surface area contributed by atoms with Gasteiger partial charge in [0.05, 0.1) is 6.10 Å². The number of nitrogens with one attached hydrogen (secondary N) is 1. The van der Waals surface area contributed by atoms with Crippen LogP contribution in [0.3, 0.4) is 0 Å². The Hall–Kier alpha value is -2.75. The quantitative estimate of drug-likeness (QED) is 0.398. The Kier molecular flexibility index (Phi) is 8.99. The number of rotatable bonds is 9. The van der Waals surface area contributed by atoms with Crippen molar-refractivity contribution in [1.29, 1.82) is 0 Å². The van der Waals surface area contributed by atoms with Crippen LogP contribution in [0, 0.1) is 19.8 Å². The average Bonchev–Trinajstić information content (AvgIpc) is 2.68. The van der Waals surface area contributed by atoms with Gasteiger partial charge in [0, 0.05) is 23.2 Å². The van der Waals surface area contributed by atoms with Crippen LogP contribution >= 0.6 is 0 Å². The minimum absolute atomic E-state index is 0.0390. The third kappa shape index (κ3) is 7.38. The molecular weight excluding hydrogens is 422 g/mol. The first-order chi connectivity index (χ1) is 15.7. The lowest BCUT2D eigenvalue weighted by atomic mass is 9.82. The molecule has 1 atom stereocenters. The van der Waals surface area contributed by atoms with Gasteiger partial charge in [-0.2, -0.15) is 0 Å². The predicted molar refractivity (Wildman–Crippen MR) is 144 cm³/mol. The second-order valence-corrected chi connectivity index (χ2v) is 11.1. The van der Waals surface area contributed by atoms with Crippen LogP contribution in [0.5, 0.6) is 11.5 Å². The SMILES string of the molecule is C=C(C)c1cc(CCC(=O)Nc2cc(C)c(OC(C)CC(C)C)c(C)c2)cc(C(C)(C)C)c1O. The predicted octanol–water partition coefficient (Wildman–Crippen LogP) is 7.72. The van der Waals surface area contributed by atoms with Gasteiger partial charge in [0.1, 0.15) is 11.5 Å². The first-order valence-corrected chi connectivity index (χ1v) is 12.3. The average molecular weight is 466 g/mol. The zero-order chi connectivity index (χ0) is 25.8. The fourth-order valence-electron chi connectivity index (χ4n) is 4.34. The van der Waals surface area contributed by atoms with Crippen molar-refractivity contribution in [3.05, 3.63) is 58.7 Å². The number of carbonyl (C=O) groups excluding carboxylic acids is 1. The van der Waals surface area contributed by atoms with E-state index in [2.05, 4.69) is 53.4 Å². The molecule has 0 aliphatic heterocycles. The van der Waals surface area contributed by atoms with E-state index in [1.165, 1.54) is 0 Å². The first kappa shape index (κ1) is 27.5. The molecule has 34 heavy (non-hydrogen) atoms. The van der Waals surface area contributed by atoms with Gasteiger partial charge in [-0.15, -0.1) is 0 Å². The number of carbonyl (C=O) groups is 1. The number of allylic oxidation sites excluding steroid dienone is 1. The molecule has 0 aromatic heterocycles. The topological polar surface area (TPSA) is 58.6 Å². The zero-order valence-electron chi connectivity index (χ0n) is 22.6. The molecule has 0 saturated carbocycles. The molecule has 4 heteroatoms. The summed E-state index contributed by atoms with van der Waals surface area (Å²) in [4.78, 5) is 12.8. The van der Waals surface area contributed by atoms with E-state index in [0.717, 1.165) is 51.2 Å². The van der Waals surface area contributed by atoms with E-state index in [0.29, 0.717) is 18.8 Å². The van der Waals surface area contributed by atoms with E-state index in [1.807, 2.05) is 45.0 Å². The lowest BCUT2D eigenvalue weighted by Gasteiger charge is -2.23. The van der Waals surface area contributed by atoms with E-state index in [1.54, 1.807) is 0 Å². The molecule has 4 nitrogen and oxygen atoms in total. The summed E-state index contributed by atoms with van der Waals surface area (Å²) in [6.07, 6.45) is 2.08. The molecule has 0 spiro atoms. The van der Waals surface area contributed by atoms with Gasteiger partial charge in [0.15, 0.2) is 0 Å². The van der Waals surface area contributed by atoms with Crippen LogP contribution < -0.4 is 10.1 Å². The molecule has 0 fully saturated rings. The smallest absolute Gasteiger partial charge is 0.224 e. The van der Waals surface area contributed by atoms with Crippen molar-refractivity contribution in [3.8, 4) is 11.5 Å². The Balaban J connectivity index is 2.12. The van der Waals surface area contributed by atoms with Gasteiger partial charge in [-0.3, -0.25) is 4.79 Å². The molecule has 2 N–H and O–H groups in total. The summed E-state index contributed by atoms with van der Waals surface area (Å²) >= 11 is 0. The fraction of sp³-hybridized carbons (Fsp3) is 0.500. The number of hydrogen-bond acceptors (Lipinski definition) is 3. The summed E-state index contributed by atoms with van der Waals surface area (Å²) in [6, 6.07) is 7.90. The maximum absolute atomic E-state index is 12.8. The number of aryl methyl sites for hydroxylation is 3. The molecule has 0 saturated heterocycles. The summed E-state index contributed by atoms with van der Waals surface area (Å²) < 4.78 is 6.19. The third-order valence-electron chi connectivity index (χ3n) is 5.94. The number of anilines is 1. The van der Waals surface area contributed by atoms with Crippen molar-refractivity contribution < 1.29 is 14.6 Å². The van der Waals surface area contributed by atoms with Crippen LogP contribution in [0.15, 0.2) is 30.8 Å². The summed E-state index contributed by atoms with van der Waals surface area (Å²) in [5.41, 5.74) is 6.06. The number of aromatic hydroxyl groups is 1. The minimum atomic E-state index is -0.210. The number of phenolic OH excluding ortho intramolecular Hbond substituents is 1. The largest absolute Gasteiger partial charge is 0.507 e. The fourth-order valence-corrected chi connectivity index (χ4v) is 4.34. The van der Waals surface area contributed by atoms with Gasteiger partial charge in [0.2, 0.25) is 5.91 Å². The van der Waals surface area contributed by atoms with Gasteiger partial charge in [-0.05, 0) is 92.3 Å². The Bertz CT molecular complexity index is 1020. The molecule has 2 rings (SSSR count). The van der Waals surface area contributed by atoms with Crippen molar-refractivity contribution in [2.24, 2.45) is 5.92 Å². The lowest BCUT2D eigenvalue weighted by molar-refractivity contribution is -0.116. The van der Waals surface area contributed by atoms with Crippen molar-refractivity contribution in [3.63, 3.8) is 0 Å². The van der Waals surface area contributed by atoms with E-state index in [4.69, 9.17) is 4.74 Å². The molecule has 0 bridgehead atoms. The standard InChI is InChI=1S/C30H43NO3/c1-18(2)13-22(7)34-29-20(5)14-24(15-21(29)6)31-27(32)12-11-23-16-25(19(3)4)28(33)26(17-23)30(8,9)10/h14-18,22,33H,3,11-13H2,1-2,4-10H3,(H,31,32). The van der Waals surface area contributed by atoms with Gasteiger partial charge in [0.25, 0.3) is 0 Å². The summed E-state index contributed by atoms with van der Waals surface area (Å²) in [5, 5.41) is 13.8. The highest BCUT2D eigenvalue weighted by Gasteiger charge is 2.22. The maximum Gasteiger partial charge on any atom is 0.224 e. The molecular formula is C30H43NO3. The Morgan fingerprint density at radius 1 is 1.09 bits per heavy atom. The minimum Gasteiger partial charge on any atom is -0.507 e. The van der Waals surface area contributed by atoms with Gasteiger partial charge in [-0.25, -0.2) is 0 Å². The molecule has 0 aliphatic rings. The van der Waals surface area contributed by atoms with Gasteiger partial charge in [-0.1, -0.05) is 47.3 Å². The normalized spacial score (nSPS) is 12.5. The zero-order valence-corrected chi connectivity index (χ0v) is 22.6. The van der Waals surface area contributed by atoms with Crippen molar-refractivity contribution in [2.75, 3.05) is 5.32 Å². The van der Waals surface area contributed by atoms with E-state index >= 15 is 0 Å². The number of hydrogen-bond donors (Lipinski definition) is 2. The molecule has 1 amide bonds. The molecule has 0 aliphatic carbocycles. The summed E-state index contributed by atoms with van der Waals surface area (Å²) in [6.45, 7) is 22.6. The Morgan fingerprint density at radius 2 is 1.68 bits per heavy atom. The van der Waals surface area contributed by atoms with Crippen LogP contribution in [0.2, 0.25) is 0 Å². The Labute approximate surface area is 206 Å². The van der Waals surface area contributed by atoms with Crippen LogP contribution in [0.4, 0.5) is 5.69 Å². The molecule has 2 aromatic rings. The van der Waals surface area contributed by atoms with Crippen LogP contribution in [0.25, 0.3) is 5.57 Å². The third-order valence-corrected chi connectivity index (χ3v) is 5.94. The van der Waals surface area contributed by atoms with Crippen LogP contribution in [-0.4, -0.2) is 17.1 Å². The number of benzene rings is 2. The van der Waals surface area contributed by atoms with Gasteiger partial charge >= 0.3 is 0 Å². The number of ether oxygens (including phenoxy) is 1. The molecule has 2 aromatic carbocycles. The Morgan fingerprint density at radius 3 is 2.18 bits per heavy atom. The van der Waals surface area contributed by atoms with E-state index in [9.17, 15) is 9.90 Å². The molecule has 1 unspecified atom stereocenters. The van der Waals surface area contributed by atoms with Crippen LogP contribution in [-0.2, 0) is 16.6 Å². The lowest BCUT2D eigenvalue weighted by Crippen LogP contribution is -2.17. The molecule has 186 valence electrons. The summed E-state index contributed by atoms with van der Waals surface area (Å²) in [7, 11) is 0. The second kappa shape index (κ2) is 11.1. The van der Waals surface area contributed by atoms with E-state index < -0.39 is 0 Å². The molecule has 0 radical (unpaired) electrons. The summed E-state index contributed by atoms with van der Waals surface area (Å²) in [5.74, 6) is 1.72. The first-order valence-electron chi connectivity index (χ1n) is 12.3. The second-order valence-electron chi connectivity index (χ2n) is 11.1. The highest BCUT2D eigenvalue weighted by Crippen LogP contribution is 2.37.